The van der Waals surface area contributed by atoms with E-state index in [4.69, 9.17) is 0 Å². The van der Waals surface area contributed by atoms with Gasteiger partial charge in [0.25, 0.3) is 0 Å². The van der Waals surface area contributed by atoms with Gasteiger partial charge in [0.15, 0.2) is 0 Å². The van der Waals surface area contributed by atoms with E-state index in [-0.39, 0.29) is 5.91 Å². The third-order valence-electron chi connectivity index (χ3n) is 1.97. The first kappa shape index (κ1) is 11.1. The molecule has 3 heteroatoms. The zero-order chi connectivity index (χ0) is 10.4. The first-order valence-electron chi connectivity index (χ1n) is 4.66. The van der Waals surface area contributed by atoms with Crippen LogP contribution < -0.4 is 5.32 Å². The summed E-state index contributed by atoms with van der Waals surface area (Å²) in [4.78, 5) is 12.2. The molecule has 76 valence electrons. The lowest BCUT2D eigenvalue weighted by molar-refractivity contribution is -0.120. The molecule has 14 heavy (non-hydrogen) atoms. The molecule has 0 spiro atoms. The van der Waals surface area contributed by atoms with Crippen LogP contribution in [-0.2, 0) is 11.3 Å². The fraction of sp³-hybridized carbons (Fsp3) is 0.364. The number of rotatable bonds is 4. The summed E-state index contributed by atoms with van der Waals surface area (Å²) in [7, 11) is 0. The minimum absolute atomic E-state index is 0.0962. The fourth-order valence-corrected chi connectivity index (χ4v) is 1.48. The Balaban J connectivity index is 2.47. The maximum Gasteiger partial charge on any atom is 0.219 e. The van der Waals surface area contributed by atoms with Gasteiger partial charge in [-0.25, -0.2) is 0 Å². The molecule has 1 N–H and O–H groups in total. The Morgan fingerprint density at radius 1 is 1.36 bits per heavy atom. The molecule has 0 unspecified atom stereocenters. The fourth-order valence-electron chi connectivity index (χ4n) is 1.07. The van der Waals surface area contributed by atoms with Crippen molar-refractivity contribution >= 4 is 17.7 Å². The number of benzene rings is 1. The van der Waals surface area contributed by atoms with Gasteiger partial charge in [-0.2, -0.15) is 0 Å². The molecule has 0 aromatic heterocycles. The average Bonchev–Trinajstić information content (AvgIpc) is 2.26. The highest BCUT2D eigenvalue weighted by atomic mass is 32.2. The lowest BCUT2D eigenvalue weighted by Gasteiger charge is -2.04. The molecule has 0 fully saturated rings. The highest BCUT2D eigenvalue weighted by Crippen LogP contribution is 2.14. The predicted molar refractivity (Wildman–Crippen MR) is 60.4 cm³/mol. The summed E-state index contributed by atoms with van der Waals surface area (Å²) in [6.45, 7) is 2.48. The SMILES string of the molecule is CCC(=O)NCc1ccc(SC)cc1. The van der Waals surface area contributed by atoms with E-state index in [1.54, 1.807) is 11.8 Å². The molecule has 0 bridgehead atoms. The second-order valence-corrected chi connectivity index (χ2v) is 3.86. The van der Waals surface area contributed by atoms with E-state index >= 15 is 0 Å². The van der Waals surface area contributed by atoms with Gasteiger partial charge in [0.1, 0.15) is 0 Å². The van der Waals surface area contributed by atoms with E-state index < -0.39 is 0 Å². The van der Waals surface area contributed by atoms with E-state index in [0.717, 1.165) is 5.56 Å². The second kappa shape index (κ2) is 5.70. The van der Waals surface area contributed by atoms with Crippen molar-refractivity contribution in [3.63, 3.8) is 0 Å². The maximum atomic E-state index is 11.0. The molecule has 1 aromatic rings. The Labute approximate surface area is 89.1 Å². The summed E-state index contributed by atoms with van der Waals surface area (Å²) >= 11 is 1.72. The summed E-state index contributed by atoms with van der Waals surface area (Å²) in [5.74, 6) is 0.0962. The smallest absolute Gasteiger partial charge is 0.219 e. The molecule has 0 aliphatic rings. The molecule has 0 aliphatic carbocycles. The quantitative estimate of drug-likeness (QED) is 0.772. The zero-order valence-corrected chi connectivity index (χ0v) is 9.36. The first-order valence-corrected chi connectivity index (χ1v) is 5.88. The zero-order valence-electron chi connectivity index (χ0n) is 8.54. The van der Waals surface area contributed by atoms with Crippen LogP contribution in [0.25, 0.3) is 0 Å². The Morgan fingerprint density at radius 3 is 2.50 bits per heavy atom. The number of amides is 1. The number of hydrogen-bond acceptors (Lipinski definition) is 2. The summed E-state index contributed by atoms with van der Waals surface area (Å²) in [6.07, 6.45) is 2.59. The van der Waals surface area contributed by atoms with Gasteiger partial charge in [-0.1, -0.05) is 19.1 Å². The van der Waals surface area contributed by atoms with Gasteiger partial charge in [0.2, 0.25) is 5.91 Å². The molecule has 0 saturated heterocycles. The topological polar surface area (TPSA) is 29.1 Å². The molecule has 0 heterocycles. The van der Waals surface area contributed by atoms with Gasteiger partial charge in [0, 0.05) is 17.9 Å². The Hall–Kier alpha value is -0.960. The van der Waals surface area contributed by atoms with Crippen molar-refractivity contribution in [3.8, 4) is 0 Å². The summed E-state index contributed by atoms with van der Waals surface area (Å²) in [5.41, 5.74) is 1.14. The van der Waals surface area contributed by atoms with Crippen LogP contribution in [0.5, 0.6) is 0 Å². The highest BCUT2D eigenvalue weighted by molar-refractivity contribution is 7.98. The van der Waals surface area contributed by atoms with Crippen LogP contribution in [-0.4, -0.2) is 12.2 Å². The van der Waals surface area contributed by atoms with E-state index in [2.05, 4.69) is 17.4 Å². The molecule has 0 saturated carbocycles. The third kappa shape index (κ3) is 3.42. The van der Waals surface area contributed by atoms with Crippen LogP contribution in [0.2, 0.25) is 0 Å². The predicted octanol–water partition coefficient (Wildman–Crippen LogP) is 2.43. The van der Waals surface area contributed by atoms with Gasteiger partial charge in [0.05, 0.1) is 0 Å². The molecule has 0 aliphatic heterocycles. The van der Waals surface area contributed by atoms with Crippen molar-refractivity contribution in [2.45, 2.75) is 24.8 Å². The van der Waals surface area contributed by atoms with Crippen molar-refractivity contribution in [3.05, 3.63) is 29.8 Å². The Bertz CT molecular complexity index is 295. The largest absolute Gasteiger partial charge is 0.352 e. The normalized spacial score (nSPS) is 9.86. The third-order valence-corrected chi connectivity index (χ3v) is 2.71. The average molecular weight is 209 g/mol. The molecule has 1 rings (SSSR count). The Morgan fingerprint density at radius 2 is 2.00 bits per heavy atom. The van der Waals surface area contributed by atoms with Crippen molar-refractivity contribution in [2.24, 2.45) is 0 Å². The molecule has 1 amide bonds. The molecule has 2 nitrogen and oxygen atoms in total. The van der Waals surface area contributed by atoms with Crippen molar-refractivity contribution < 1.29 is 4.79 Å². The van der Waals surface area contributed by atoms with E-state index in [1.807, 2.05) is 25.3 Å². The molecule has 0 atom stereocenters. The van der Waals surface area contributed by atoms with E-state index in [0.29, 0.717) is 13.0 Å². The minimum Gasteiger partial charge on any atom is -0.352 e. The highest BCUT2D eigenvalue weighted by Gasteiger charge is 1.97. The van der Waals surface area contributed by atoms with Gasteiger partial charge in [-0.05, 0) is 24.0 Å². The van der Waals surface area contributed by atoms with Crippen LogP contribution >= 0.6 is 11.8 Å². The van der Waals surface area contributed by atoms with Crippen molar-refractivity contribution in [2.75, 3.05) is 6.26 Å². The number of carbonyl (C=O) groups is 1. The van der Waals surface area contributed by atoms with Crippen LogP contribution in [0.3, 0.4) is 0 Å². The van der Waals surface area contributed by atoms with Crippen molar-refractivity contribution in [1.29, 1.82) is 0 Å². The number of thioether (sulfide) groups is 1. The molecule has 0 radical (unpaired) electrons. The lowest BCUT2D eigenvalue weighted by atomic mass is 10.2. The monoisotopic (exact) mass is 209 g/mol. The van der Waals surface area contributed by atoms with Gasteiger partial charge >= 0.3 is 0 Å². The van der Waals surface area contributed by atoms with Crippen LogP contribution in [0.1, 0.15) is 18.9 Å². The Kier molecular flexibility index (Phi) is 4.53. The summed E-state index contributed by atoms with van der Waals surface area (Å²) < 4.78 is 0. The molecule has 1 aromatic carbocycles. The van der Waals surface area contributed by atoms with Gasteiger partial charge in [-0.15, -0.1) is 11.8 Å². The summed E-state index contributed by atoms with van der Waals surface area (Å²) in [5, 5.41) is 2.84. The number of hydrogen-bond donors (Lipinski definition) is 1. The van der Waals surface area contributed by atoms with Crippen LogP contribution in [0, 0.1) is 0 Å². The van der Waals surface area contributed by atoms with Crippen LogP contribution in [0.4, 0.5) is 0 Å². The van der Waals surface area contributed by atoms with Gasteiger partial charge < -0.3 is 5.32 Å². The number of nitrogens with one attached hydrogen (secondary N) is 1. The molecular weight excluding hydrogens is 194 g/mol. The standard InChI is InChI=1S/C11H15NOS/c1-3-11(13)12-8-9-4-6-10(14-2)7-5-9/h4-7H,3,8H2,1-2H3,(H,12,13). The van der Waals surface area contributed by atoms with Crippen molar-refractivity contribution in [1.82, 2.24) is 5.32 Å². The molecular formula is C11H15NOS. The minimum atomic E-state index is 0.0962. The van der Waals surface area contributed by atoms with Crippen LogP contribution in [0.15, 0.2) is 29.2 Å². The lowest BCUT2D eigenvalue weighted by Crippen LogP contribution is -2.21. The summed E-state index contributed by atoms with van der Waals surface area (Å²) in [6, 6.07) is 8.22. The van der Waals surface area contributed by atoms with E-state index in [1.165, 1.54) is 4.90 Å². The second-order valence-electron chi connectivity index (χ2n) is 2.98. The van der Waals surface area contributed by atoms with E-state index in [9.17, 15) is 4.79 Å². The number of carbonyl (C=O) groups excluding carboxylic acids is 1. The first-order chi connectivity index (χ1) is 6.76. The van der Waals surface area contributed by atoms with Gasteiger partial charge in [-0.3, -0.25) is 4.79 Å². The maximum absolute atomic E-state index is 11.0.